The number of carbonyl (C=O) groups is 1. The van der Waals surface area contributed by atoms with Gasteiger partial charge in [0.15, 0.2) is 6.79 Å². The van der Waals surface area contributed by atoms with Gasteiger partial charge in [0.1, 0.15) is 17.1 Å². The number of rotatable bonds is 14. The van der Waals surface area contributed by atoms with Crippen LogP contribution >= 0.6 is 11.8 Å². The highest BCUT2D eigenvalue weighted by Gasteiger charge is 2.22. The molecular formula is C28H32O6S. The number of thioether (sulfide) groups is 1. The largest absolute Gasteiger partial charge is 0.497 e. The van der Waals surface area contributed by atoms with Crippen molar-refractivity contribution in [2.24, 2.45) is 0 Å². The smallest absolute Gasteiger partial charge is 0.341 e. The van der Waals surface area contributed by atoms with Gasteiger partial charge in [0.05, 0.1) is 20.8 Å². The van der Waals surface area contributed by atoms with Gasteiger partial charge in [-0.05, 0) is 59.9 Å². The fraction of sp³-hybridized carbons (Fsp3) is 0.321. The molecule has 0 aliphatic carbocycles. The average molecular weight is 497 g/mol. The average Bonchev–Trinajstić information content (AvgIpc) is 2.91. The summed E-state index contributed by atoms with van der Waals surface area (Å²) in [6, 6.07) is 21.8. The molecule has 0 spiro atoms. The van der Waals surface area contributed by atoms with Crippen molar-refractivity contribution in [3.8, 4) is 11.5 Å². The van der Waals surface area contributed by atoms with Crippen LogP contribution in [0, 0.1) is 0 Å². The zero-order valence-electron chi connectivity index (χ0n) is 20.5. The standard InChI is InChI=1S/C28H32O6S/c1-30-20-34-26-16-13-22(8-7-17-33-18-21-11-14-23(31-2)15-12-21)25(27(26)28(29)32-3)19-35-24-9-5-4-6-10-24/h4-6,9-16H,7-8,17-20H2,1-3H3. The number of carbonyl (C=O) groups excluding carboxylic acids is 1. The van der Waals surface area contributed by atoms with Gasteiger partial charge in [0, 0.05) is 24.4 Å². The summed E-state index contributed by atoms with van der Waals surface area (Å²) in [6.45, 7) is 1.19. The second-order valence-corrected chi connectivity index (χ2v) is 8.77. The van der Waals surface area contributed by atoms with Crippen LogP contribution in [0.1, 0.15) is 33.5 Å². The molecule has 0 unspecified atom stereocenters. The van der Waals surface area contributed by atoms with E-state index in [1.54, 1.807) is 26.0 Å². The molecule has 0 amide bonds. The van der Waals surface area contributed by atoms with Crippen molar-refractivity contribution < 1.29 is 28.5 Å². The van der Waals surface area contributed by atoms with Crippen LogP contribution in [0.2, 0.25) is 0 Å². The first-order valence-electron chi connectivity index (χ1n) is 11.4. The van der Waals surface area contributed by atoms with Gasteiger partial charge >= 0.3 is 5.97 Å². The Hall–Kier alpha value is -3.00. The SMILES string of the molecule is COCOc1ccc(CCCOCc2ccc(OC)cc2)c(CSc2ccccc2)c1C(=O)OC. The summed E-state index contributed by atoms with van der Waals surface area (Å²) in [7, 11) is 4.58. The highest BCUT2D eigenvalue weighted by molar-refractivity contribution is 7.98. The van der Waals surface area contributed by atoms with E-state index in [-0.39, 0.29) is 6.79 Å². The maximum atomic E-state index is 12.8. The third-order valence-corrected chi connectivity index (χ3v) is 6.42. The van der Waals surface area contributed by atoms with Crippen LogP contribution in [0.25, 0.3) is 0 Å². The quantitative estimate of drug-likeness (QED) is 0.119. The molecule has 0 aliphatic rings. The predicted octanol–water partition coefficient (Wildman–Crippen LogP) is 5.91. The zero-order valence-corrected chi connectivity index (χ0v) is 21.3. The Morgan fingerprint density at radius 1 is 0.914 bits per heavy atom. The van der Waals surface area contributed by atoms with Crippen LogP contribution in [-0.4, -0.2) is 40.7 Å². The summed E-state index contributed by atoms with van der Waals surface area (Å²) in [5.74, 6) is 1.48. The van der Waals surface area contributed by atoms with Crippen LogP contribution in [0.3, 0.4) is 0 Å². The number of esters is 1. The summed E-state index contributed by atoms with van der Waals surface area (Å²) >= 11 is 1.67. The fourth-order valence-corrected chi connectivity index (χ4v) is 4.58. The molecule has 0 radical (unpaired) electrons. The lowest BCUT2D eigenvalue weighted by molar-refractivity contribution is 0.0464. The molecule has 3 aromatic rings. The molecule has 3 aromatic carbocycles. The second kappa shape index (κ2) is 14.4. The molecule has 0 fully saturated rings. The number of ether oxygens (including phenoxy) is 5. The van der Waals surface area contributed by atoms with Gasteiger partial charge in [0.2, 0.25) is 0 Å². The lowest BCUT2D eigenvalue weighted by Crippen LogP contribution is -2.13. The first kappa shape index (κ1) is 26.6. The van der Waals surface area contributed by atoms with Crippen LogP contribution in [-0.2, 0) is 33.0 Å². The minimum atomic E-state index is -0.419. The number of hydrogen-bond donors (Lipinski definition) is 0. The van der Waals surface area contributed by atoms with Crippen LogP contribution in [0.15, 0.2) is 71.6 Å². The third-order valence-electron chi connectivity index (χ3n) is 5.38. The van der Waals surface area contributed by atoms with E-state index in [9.17, 15) is 4.79 Å². The van der Waals surface area contributed by atoms with E-state index >= 15 is 0 Å². The molecule has 0 bridgehead atoms. The molecule has 6 nitrogen and oxygen atoms in total. The highest BCUT2D eigenvalue weighted by atomic mass is 32.2. The van der Waals surface area contributed by atoms with Gasteiger partial charge in [-0.25, -0.2) is 4.79 Å². The molecule has 0 heterocycles. The molecular weight excluding hydrogens is 464 g/mol. The molecule has 0 aromatic heterocycles. The monoisotopic (exact) mass is 496 g/mol. The Kier molecular flexibility index (Phi) is 11.0. The molecule has 0 atom stereocenters. The van der Waals surface area contributed by atoms with Crippen molar-refractivity contribution in [1.29, 1.82) is 0 Å². The Labute approximate surface area is 211 Å². The van der Waals surface area contributed by atoms with E-state index in [1.807, 2.05) is 54.6 Å². The van der Waals surface area contributed by atoms with Crippen LogP contribution < -0.4 is 9.47 Å². The Morgan fingerprint density at radius 2 is 1.69 bits per heavy atom. The van der Waals surface area contributed by atoms with Crippen molar-refractivity contribution >= 4 is 17.7 Å². The van der Waals surface area contributed by atoms with Crippen molar-refractivity contribution in [2.45, 2.75) is 30.1 Å². The Bertz CT molecular complexity index is 1050. The third kappa shape index (κ3) is 8.02. The molecule has 186 valence electrons. The van der Waals surface area contributed by atoms with E-state index in [2.05, 4.69) is 12.1 Å². The number of benzene rings is 3. The molecule has 0 aliphatic heterocycles. The minimum Gasteiger partial charge on any atom is -0.497 e. The first-order chi connectivity index (χ1) is 17.2. The van der Waals surface area contributed by atoms with Gasteiger partial charge in [0.25, 0.3) is 0 Å². The van der Waals surface area contributed by atoms with Gasteiger partial charge < -0.3 is 23.7 Å². The highest BCUT2D eigenvalue weighted by Crippen LogP contribution is 2.33. The Balaban J connectivity index is 1.71. The van der Waals surface area contributed by atoms with Crippen LogP contribution in [0.5, 0.6) is 11.5 Å². The molecule has 0 saturated carbocycles. The number of hydrogen-bond acceptors (Lipinski definition) is 7. The van der Waals surface area contributed by atoms with E-state index < -0.39 is 5.97 Å². The summed E-state index contributed by atoms with van der Waals surface area (Å²) < 4.78 is 26.9. The van der Waals surface area contributed by atoms with E-state index in [0.717, 1.165) is 40.2 Å². The van der Waals surface area contributed by atoms with E-state index in [0.29, 0.717) is 30.3 Å². The van der Waals surface area contributed by atoms with E-state index in [1.165, 1.54) is 7.11 Å². The predicted molar refractivity (Wildman–Crippen MR) is 137 cm³/mol. The van der Waals surface area contributed by atoms with Crippen molar-refractivity contribution in [2.75, 3.05) is 34.7 Å². The van der Waals surface area contributed by atoms with Crippen molar-refractivity contribution in [3.63, 3.8) is 0 Å². The molecule has 3 rings (SSSR count). The molecule has 0 N–H and O–H groups in total. The van der Waals surface area contributed by atoms with Gasteiger partial charge in [-0.3, -0.25) is 0 Å². The van der Waals surface area contributed by atoms with Gasteiger partial charge in [-0.15, -0.1) is 11.8 Å². The normalized spacial score (nSPS) is 10.7. The summed E-state index contributed by atoms with van der Waals surface area (Å²) in [5, 5.41) is 0. The lowest BCUT2D eigenvalue weighted by atomic mass is 9.98. The molecule has 7 heteroatoms. The summed E-state index contributed by atoms with van der Waals surface area (Å²) in [5.41, 5.74) is 3.53. The van der Waals surface area contributed by atoms with Crippen LogP contribution in [0.4, 0.5) is 0 Å². The maximum absolute atomic E-state index is 12.8. The first-order valence-corrected chi connectivity index (χ1v) is 12.4. The lowest BCUT2D eigenvalue weighted by Gasteiger charge is -2.18. The Morgan fingerprint density at radius 3 is 2.37 bits per heavy atom. The second-order valence-electron chi connectivity index (χ2n) is 7.72. The summed E-state index contributed by atoms with van der Waals surface area (Å²) in [6.07, 6.45) is 1.58. The number of methoxy groups -OCH3 is 3. The minimum absolute atomic E-state index is 0.0494. The van der Waals surface area contributed by atoms with Gasteiger partial charge in [-0.2, -0.15) is 0 Å². The zero-order chi connectivity index (χ0) is 24.9. The van der Waals surface area contributed by atoms with E-state index in [4.69, 9.17) is 23.7 Å². The topological polar surface area (TPSA) is 63.2 Å². The van der Waals surface area contributed by atoms with Crippen molar-refractivity contribution in [3.05, 3.63) is 89.0 Å². The van der Waals surface area contributed by atoms with Gasteiger partial charge in [-0.1, -0.05) is 36.4 Å². The fourth-order valence-electron chi connectivity index (χ4n) is 3.59. The maximum Gasteiger partial charge on any atom is 0.341 e. The van der Waals surface area contributed by atoms with Crippen molar-refractivity contribution in [1.82, 2.24) is 0 Å². The molecule has 0 saturated heterocycles. The molecule has 35 heavy (non-hydrogen) atoms. The number of aryl methyl sites for hydroxylation is 1. The summed E-state index contributed by atoms with van der Waals surface area (Å²) in [4.78, 5) is 13.9.